The van der Waals surface area contributed by atoms with Gasteiger partial charge >= 0.3 is 5.97 Å². The molecule has 0 unspecified atom stereocenters. The van der Waals surface area contributed by atoms with Gasteiger partial charge < -0.3 is 5.11 Å². The molecule has 0 aromatic carbocycles. The summed E-state index contributed by atoms with van der Waals surface area (Å²) < 4.78 is 0. The first-order valence-corrected chi connectivity index (χ1v) is 6.53. The summed E-state index contributed by atoms with van der Waals surface area (Å²) >= 11 is 0. The number of allylic oxidation sites excluding steroid dienone is 1. The van der Waals surface area contributed by atoms with Gasteiger partial charge in [-0.3, -0.25) is 0 Å². The third kappa shape index (κ3) is 1.35. The third-order valence-corrected chi connectivity index (χ3v) is 5.13. The fourth-order valence-corrected chi connectivity index (χ4v) is 5.10. The van der Waals surface area contributed by atoms with Crippen LogP contribution in [-0.4, -0.2) is 11.1 Å². The molecule has 0 aromatic heterocycles. The molecular formula is C14H20O2. The van der Waals surface area contributed by atoms with Crippen LogP contribution in [0.25, 0.3) is 0 Å². The van der Waals surface area contributed by atoms with Gasteiger partial charge in [0.2, 0.25) is 0 Å². The lowest BCUT2D eigenvalue weighted by atomic mass is 9.48. The Balaban J connectivity index is 1.96. The van der Waals surface area contributed by atoms with Crippen LogP contribution < -0.4 is 0 Å². The predicted octanol–water partition coefficient (Wildman–Crippen LogP) is 3.23. The summed E-state index contributed by atoms with van der Waals surface area (Å²) in [5.74, 6) is 1.78. The van der Waals surface area contributed by atoms with Crippen LogP contribution >= 0.6 is 0 Å². The molecule has 4 fully saturated rings. The Morgan fingerprint density at radius 3 is 1.88 bits per heavy atom. The van der Waals surface area contributed by atoms with Crippen LogP contribution in [0.5, 0.6) is 0 Å². The molecule has 88 valence electrons. The van der Waals surface area contributed by atoms with Crippen LogP contribution in [-0.2, 0) is 4.79 Å². The zero-order chi connectivity index (χ0) is 11.3. The fraction of sp³-hybridized carbons (Fsp3) is 0.786. The molecule has 0 atom stereocenters. The highest BCUT2D eigenvalue weighted by molar-refractivity contribution is 5.88. The molecule has 4 bridgehead atoms. The molecule has 0 aromatic rings. The normalized spacial score (nSPS) is 46.1. The molecule has 0 aliphatic heterocycles. The van der Waals surface area contributed by atoms with Crippen LogP contribution in [0.2, 0.25) is 0 Å². The molecule has 16 heavy (non-hydrogen) atoms. The minimum atomic E-state index is -0.676. The van der Waals surface area contributed by atoms with E-state index in [1.807, 2.05) is 13.0 Å². The van der Waals surface area contributed by atoms with E-state index in [1.165, 1.54) is 19.3 Å². The van der Waals surface area contributed by atoms with E-state index in [0.717, 1.165) is 37.0 Å². The predicted molar refractivity (Wildman–Crippen MR) is 62.0 cm³/mol. The molecule has 0 amide bonds. The van der Waals surface area contributed by atoms with Crippen LogP contribution in [0, 0.1) is 23.2 Å². The van der Waals surface area contributed by atoms with Gasteiger partial charge in [0, 0.05) is 11.0 Å². The SMILES string of the molecule is C/C=C(\C(=O)O)C12CC3CC(CC(C3)C1)C2. The van der Waals surface area contributed by atoms with E-state index in [9.17, 15) is 9.90 Å². The average molecular weight is 220 g/mol. The van der Waals surface area contributed by atoms with E-state index < -0.39 is 5.97 Å². The molecule has 4 rings (SSSR count). The number of rotatable bonds is 2. The number of carboxylic acids is 1. The van der Waals surface area contributed by atoms with E-state index in [-0.39, 0.29) is 5.41 Å². The molecule has 2 heteroatoms. The number of hydrogen-bond acceptors (Lipinski definition) is 1. The third-order valence-electron chi connectivity index (χ3n) is 5.13. The lowest BCUT2D eigenvalue weighted by Gasteiger charge is -2.57. The Morgan fingerprint density at radius 1 is 1.12 bits per heavy atom. The van der Waals surface area contributed by atoms with Crippen LogP contribution in [0.3, 0.4) is 0 Å². The zero-order valence-corrected chi connectivity index (χ0v) is 9.91. The topological polar surface area (TPSA) is 37.3 Å². The maximum Gasteiger partial charge on any atom is 0.331 e. The molecule has 2 nitrogen and oxygen atoms in total. The van der Waals surface area contributed by atoms with E-state index >= 15 is 0 Å². The number of hydrogen-bond donors (Lipinski definition) is 1. The molecule has 1 N–H and O–H groups in total. The lowest BCUT2D eigenvalue weighted by molar-refractivity contribution is -0.136. The van der Waals surface area contributed by atoms with Crippen molar-refractivity contribution < 1.29 is 9.90 Å². The van der Waals surface area contributed by atoms with Gasteiger partial charge in [-0.25, -0.2) is 4.79 Å². The van der Waals surface area contributed by atoms with Crippen molar-refractivity contribution >= 4 is 5.97 Å². The van der Waals surface area contributed by atoms with Crippen molar-refractivity contribution in [3.63, 3.8) is 0 Å². The Bertz CT molecular complexity index is 318. The molecule has 0 radical (unpaired) electrons. The zero-order valence-electron chi connectivity index (χ0n) is 9.91. The second kappa shape index (κ2) is 3.35. The number of carboxylic acid groups (broad SMARTS) is 1. The van der Waals surface area contributed by atoms with E-state index in [4.69, 9.17) is 0 Å². The standard InChI is InChI=1S/C14H20O2/c1-2-12(13(15)16)14-6-9-3-10(7-14)5-11(4-9)8-14/h2,9-11H,3-8H2,1H3,(H,15,16)/b12-2+. The van der Waals surface area contributed by atoms with Crippen molar-refractivity contribution in [2.24, 2.45) is 23.2 Å². The summed E-state index contributed by atoms with van der Waals surface area (Å²) in [6, 6.07) is 0. The highest BCUT2D eigenvalue weighted by Crippen LogP contribution is 2.62. The second-order valence-corrected chi connectivity index (χ2v) is 6.21. The molecule has 0 saturated heterocycles. The van der Waals surface area contributed by atoms with Crippen molar-refractivity contribution in [2.75, 3.05) is 0 Å². The molecule has 4 aliphatic carbocycles. The molecular weight excluding hydrogens is 200 g/mol. The van der Waals surface area contributed by atoms with Gasteiger partial charge in [-0.2, -0.15) is 0 Å². The Morgan fingerprint density at radius 2 is 1.56 bits per heavy atom. The van der Waals surface area contributed by atoms with Crippen molar-refractivity contribution in [2.45, 2.75) is 45.4 Å². The van der Waals surface area contributed by atoms with Crippen LogP contribution in [0.1, 0.15) is 45.4 Å². The Hall–Kier alpha value is -0.790. The van der Waals surface area contributed by atoms with Gasteiger partial charge in [-0.1, -0.05) is 6.08 Å². The van der Waals surface area contributed by atoms with Crippen molar-refractivity contribution in [1.29, 1.82) is 0 Å². The van der Waals surface area contributed by atoms with Gasteiger partial charge in [0.15, 0.2) is 0 Å². The Labute approximate surface area is 96.7 Å². The van der Waals surface area contributed by atoms with Gasteiger partial charge in [0.05, 0.1) is 0 Å². The summed E-state index contributed by atoms with van der Waals surface area (Å²) in [5.41, 5.74) is 0.765. The lowest BCUT2D eigenvalue weighted by Crippen LogP contribution is -2.48. The Kier molecular flexibility index (Phi) is 2.17. The van der Waals surface area contributed by atoms with E-state index in [1.54, 1.807) is 0 Å². The maximum absolute atomic E-state index is 11.4. The summed E-state index contributed by atoms with van der Waals surface area (Å²) in [4.78, 5) is 11.4. The maximum atomic E-state index is 11.4. The van der Waals surface area contributed by atoms with Gasteiger partial charge in [0.25, 0.3) is 0 Å². The minimum Gasteiger partial charge on any atom is -0.478 e. The number of aliphatic carboxylic acids is 1. The highest BCUT2D eigenvalue weighted by atomic mass is 16.4. The fourth-order valence-electron chi connectivity index (χ4n) is 5.10. The molecule has 4 aliphatic rings. The second-order valence-electron chi connectivity index (χ2n) is 6.21. The smallest absolute Gasteiger partial charge is 0.331 e. The minimum absolute atomic E-state index is 0.0509. The highest BCUT2D eigenvalue weighted by Gasteiger charge is 2.53. The first-order chi connectivity index (χ1) is 7.63. The average Bonchev–Trinajstić information content (AvgIpc) is 2.14. The van der Waals surface area contributed by atoms with Gasteiger partial charge in [-0.05, 0) is 63.2 Å². The van der Waals surface area contributed by atoms with E-state index in [0.29, 0.717) is 5.57 Å². The van der Waals surface area contributed by atoms with Crippen molar-refractivity contribution in [1.82, 2.24) is 0 Å². The molecule has 4 saturated carbocycles. The molecule has 0 heterocycles. The van der Waals surface area contributed by atoms with Crippen LogP contribution in [0.4, 0.5) is 0 Å². The summed E-state index contributed by atoms with van der Waals surface area (Å²) in [5, 5.41) is 9.36. The van der Waals surface area contributed by atoms with Gasteiger partial charge in [-0.15, -0.1) is 0 Å². The summed E-state index contributed by atoms with van der Waals surface area (Å²) in [6.45, 7) is 1.89. The molecule has 0 spiro atoms. The summed E-state index contributed by atoms with van der Waals surface area (Å²) in [7, 11) is 0. The van der Waals surface area contributed by atoms with E-state index in [2.05, 4.69) is 0 Å². The first-order valence-electron chi connectivity index (χ1n) is 6.53. The first kappa shape index (κ1) is 10.4. The summed E-state index contributed by atoms with van der Waals surface area (Å²) in [6.07, 6.45) is 9.40. The largest absolute Gasteiger partial charge is 0.478 e. The van der Waals surface area contributed by atoms with Crippen molar-refractivity contribution in [3.8, 4) is 0 Å². The van der Waals surface area contributed by atoms with Crippen LogP contribution in [0.15, 0.2) is 11.6 Å². The monoisotopic (exact) mass is 220 g/mol. The van der Waals surface area contributed by atoms with Crippen molar-refractivity contribution in [3.05, 3.63) is 11.6 Å². The number of carbonyl (C=O) groups is 1. The van der Waals surface area contributed by atoms with Gasteiger partial charge in [0.1, 0.15) is 0 Å². The quantitative estimate of drug-likeness (QED) is 0.725.